The van der Waals surface area contributed by atoms with Crippen LogP contribution in [-0.4, -0.2) is 21.5 Å². The van der Waals surface area contributed by atoms with E-state index in [1.54, 1.807) is 0 Å². The molecule has 0 aliphatic rings. The molecule has 21 heavy (non-hydrogen) atoms. The quantitative estimate of drug-likeness (QED) is 0.476. The van der Waals surface area contributed by atoms with Crippen molar-refractivity contribution in [1.29, 1.82) is 0 Å². The predicted molar refractivity (Wildman–Crippen MR) is 95.6 cm³/mol. The third kappa shape index (κ3) is 3.96. The van der Waals surface area contributed by atoms with E-state index in [0.717, 1.165) is 26.2 Å². The van der Waals surface area contributed by atoms with Crippen molar-refractivity contribution in [3.8, 4) is 0 Å². The van der Waals surface area contributed by atoms with Gasteiger partial charge < -0.3 is 4.98 Å². The van der Waals surface area contributed by atoms with Crippen LogP contribution >= 0.6 is 44.7 Å². The average molecular weight is 428 g/mol. The summed E-state index contributed by atoms with van der Waals surface area (Å²) in [6.07, 6.45) is 0. The second-order valence-corrected chi connectivity index (χ2v) is 6.16. The maximum absolute atomic E-state index is 12.1. The molecule has 1 aromatic heterocycles. The van der Waals surface area contributed by atoms with Gasteiger partial charge in [-0.3, -0.25) is 4.79 Å². The van der Waals surface area contributed by atoms with Crippen LogP contribution in [0, 0.1) is 0 Å². The second kappa shape index (κ2) is 7.24. The van der Waals surface area contributed by atoms with Crippen molar-refractivity contribution in [2.75, 3.05) is 5.75 Å². The van der Waals surface area contributed by atoms with Crippen LogP contribution in [0.2, 0.25) is 0 Å². The van der Waals surface area contributed by atoms with Crippen molar-refractivity contribution in [1.82, 2.24) is 9.97 Å². The number of aromatic amines is 1. The molecule has 0 bridgehead atoms. The van der Waals surface area contributed by atoms with Crippen molar-refractivity contribution in [3.63, 3.8) is 0 Å². The standard InChI is InChI=1S/C15H11BrN2OS.BrH/c16-11-7-5-10(6-8-11)14(19)9-20-15-17-12-3-1-2-4-13(12)18-15;/h1-8H,9H2,(H,17,18);1H. The molecule has 0 fully saturated rings. The summed E-state index contributed by atoms with van der Waals surface area (Å²) in [5.74, 6) is 0.476. The topological polar surface area (TPSA) is 45.8 Å². The number of benzene rings is 2. The Kier molecular flexibility index (Phi) is 5.61. The van der Waals surface area contributed by atoms with Crippen molar-refractivity contribution in [2.45, 2.75) is 5.16 Å². The zero-order chi connectivity index (χ0) is 13.9. The summed E-state index contributed by atoms with van der Waals surface area (Å²) in [7, 11) is 0. The lowest BCUT2D eigenvalue weighted by atomic mass is 10.2. The molecule has 0 atom stereocenters. The van der Waals surface area contributed by atoms with Gasteiger partial charge in [-0.15, -0.1) is 17.0 Å². The molecule has 6 heteroatoms. The number of para-hydroxylation sites is 2. The zero-order valence-electron chi connectivity index (χ0n) is 10.9. The summed E-state index contributed by atoms with van der Waals surface area (Å²) in [5.41, 5.74) is 2.63. The molecule has 0 amide bonds. The maximum Gasteiger partial charge on any atom is 0.173 e. The Morgan fingerprint density at radius 3 is 2.57 bits per heavy atom. The number of imidazole rings is 1. The molecule has 3 rings (SSSR count). The number of hydrogen-bond acceptors (Lipinski definition) is 3. The Morgan fingerprint density at radius 2 is 1.86 bits per heavy atom. The molecule has 1 N–H and O–H groups in total. The van der Waals surface area contributed by atoms with Crippen LogP contribution < -0.4 is 0 Å². The van der Waals surface area contributed by atoms with E-state index in [9.17, 15) is 4.79 Å². The van der Waals surface area contributed by atoms with Crippen molar-refractivity contribution in [3.05, 3.63) is 58.6 Å². The van der Waals surface area contributed by atoms with Crippen molar-refractivity contribution in [2.24, 2.45) is 0 Å². The highest BCUT2D eigenvalue weighted by Crippen LogP contribution is 2.20. The minimum absolute atomic E-state index is 0. The number of carbonyl (C=O) groups excluding carboxylic acids is 1. The first-order valence-corrected chi connectivity index (χ1v) is 7.86. The zero-order valence-corrected chi connectivity index (χ0v) is 15.0. The van der Waals surface area contributed by atoms with Gasteiger partial charge in [-0.25, -0.2) is 4.98 Å². The van der Waals surface area contributed by atoms with Crippen LogP contribution in [-0.2, 0) is 0 Å². The van der Waals surface area contributed by atoms with Crippen molar-refractivity contribution < 1.29 is 4.79 Å². The van der Waals surface area contributed by atoms with Gasteiger partial charge in [0.2, 0.25) is 0 Å². The molecule has 108 valence electrons. The Morgan fingerprint density at radius 1 is 1.14 bits per heavy atom. The monoisotopic (exact) mass is 426 g/mol. The van der Waals surface area contributed by atoms with E-state index in [4.69, 9.17) is 0 Å². The lowest BCUT2D eigenvalue weighted by molar-refractivity contribution is 0.102. The SMILES string of the molecule is Br.O=C(CSc1nc2ccccc2[nH]1)c1ccc(Br)cc1. The third-order valence-corrected chi connectivity index (χ3v) is 4.28. The lowest BCUT2D eigenvalue weighted by Gasteiger charge is -1.99. The van der Waals surface area contributed by atoms with Crippen LogP contribution in [0.5, 0.6) is 0 Å². The van der Waals surface area contributed by atoms with Crippen LogP contribution in [0.4, 0.5) is 0 Å². The summed E-state index contributed by atoms with van der Waals surface area (Å²) in [6, 6.07) is 15.2. The first-order chi connectivity index (χ1) is 9.72. The number of fused-ring (bicyclic) bond motifs is 1. The number of ketones is 1. The molecule has 0 radical (unpaired) electrons. The van der Waals surface area contributed by atoms with E-state index in [-0.39, 0.29) is 22.8 Å². The second-order valence-electron chi connectivity index (χ2n) is 4.28. The van der Waals surface area contributed by atoms with Gasteiger partial charge in [0.05, 0.1) is 16.8 Å². The Labute approximate surface area is 145 Å². The Bertz CT molecular complexity index is 723. The molecule has 0 spiro atoms. The van der Waals surface area contributed by atoms with Gasteiger partial charge in [0.25, 0.3) is 0 Å². The molecule has 0 aliphatic carbocycles. The number of rotatable bonds is 4. The minimum atomic E-state index is 0. The van der Waals surface area contributed by atoms with Crippen LogP contribution in [0.25, 0.3) is 11.0 Å². The van der Waals surface area contributed by atoms with Gasteiger partial charge >= 0.3 is 0 Å². The summed E-state index contributed by atoms with van der Waals surface area (Å²) >= 11 is 4.78. The first-order valence-electron chi connectivity index (χ1n) is 6.09. The van der Waals surface area contributed by atoms with E-state index in [1.165, 1.54) is 11.8 Å². The van der Waals surface area contributed by atoms with Crippen molar-refractivity contribution >= 4 is 61.5 Å². The average Bonchev–Trinajstić information content (AvgIpc) is 2.88. The fraction of sp³-hybridized carbons (Fsp3) is 0.0667. The molecular weight excluding hydrogens is 416 g/mol. The number of Topliss-reactive ketones (excluding diaryl/α,β-unsaturated/α-hetero) is 1. The van der Waals surface area contributed by atoms with E-state index in [1.807, 2.05) is 48.5 Å². The highest BCUT2D eigenvalue weighted by atomic mass is 79.9. The molecule has 0 aliphatic heterocycles. The van der Waals surface area contributed by atoms with Crippen LogP contribution in [0.15, 0.2) is 58.2 Å². The third-order valence-electron chi connectivity index (χ3n) is 2.87. The largest absolute Gasteiger partial charge is 0.333 e. The normalized spacial score (nSPS) is 10.3. The van der Waals surface area contributed by atoms with E-state index >= 15 is 0 Å². The molecule has 2 aromatic carbocycles. The summed E-state index contributed by atoms with van der Waals surface area (Å²) < 4.78 is 0.971. The lowest BCUT2D eigenvalue weighted by Crippen LogP contribution is -2.02. The molecule has 3 nitrogen and oxygen atoms in total. The minimum Gasteiger partial charge on any atom is -0.333 e. The van der Waals surface area contributed by atoms with Gasteiger partial charge in [-0.2, -0.15) is 0 Å². The number of thioether (sulfide) groups is 1. The van der Waals surface area contributed by atoms with E-state index in [2.05, 4.69) is 25.9 Å². The van der Waals surface area contributed by atoms with E-state index in [0.29, 0.717) is 5.75 Å². The fourth-order valence-corrected chi connectivity index (χ4v) is 2.89. The smallest absolute Gasteiger partial charge is 0.173 e. The number of carbonyl (C=O) groups is 1. The van der Waals surface area contributed by atoms with Crippen LogP contribution in [0.3, 0.4) is 0 Å². The number of H-pyrrole nitrogens is 1. The summed E-state index contributed by atoms with van der Waals surface area (Å²) in [6.45, 7) is 0. The number of halogens is 2. The molecular formula is C15H12Br2N2OS. The Hall–Kier alpha value is -1.11. The van der Waals surface area contributed by atoms with Gasteiger partial charge in [0.1, 0.15) is 0 Å². The molecule has 0 saturated heterocycles. The van der Waals surface area contributed by atoms with Gasteiger partial charge in [-0.05, 0) is 24.3 Å². The highest BCUT2D eigenvalue weighted by molar-refractivity contribution is 9.10. The highest BCUT2D eigenvalue weighted by Gasteiger charge is 2.09. The summed E-state index contributed by atoms with van der Waals surface area (Å²) in [4.78, 5) is 19.7. The number of nitrogens with zero attached hydrogens (tertiary/aromatic N) is 1. The number of aromatic nitrogens is 2. The van der Waals surface area contributed by atoms with Gasteiger partial charge in [0, 0.05) is 10.0 Å². The molecule has 0 saturated carbocycles. The number of nitrogens with one attached hydrogen (secondary N) is 1. The molecule has 3 aromatic rings. The molecule has 1 heterocycles. The maximum atomic E-state index is 12.1. The predicted octanol–water partition coefficient (Wildman–Crippen LogP) is 4.88. The van der Waals surface area contributed by atoms with Gasteiger partial charge in [0.15, 0.2) is 10.9 Å². The Balaban J connectivity index is 0.00000161. The number of hydrogen-bond donors (Lipinski definition) is 1. The van der Waals surface area contributed by atoms with Crippen LogP contribution in [0.1, 0.15) is 10.4 Å². The van der Waals surface area contributed by atoms with Gasteiger partial charge in [-0.1, -0.05) is 52.0 Å². The van der Waals surface area contributed by atoms with E-state index < -0.39 is 0 Å². The molecule has 0 unspecified atom stereocenters. The first kappa shape index (κ1) is 16.3. The summed E-state index contributed by atoms with van der Waals surface area (Å²) in [5, 5.41) is 0.775. The fourth-order valence-electron chi connectivity index (χ4n) is 1.85.